The molecule has 18 heteroatoms. The molecule has 0 saturated carbocycles. The first-order chi connectivity index (χ1) is 48.2. The third-order valence-corrected chi connectivity index (χ3v) is 17.4. The number of phosphoric ester groups is 2. The minimum absolute atomic E-state index is 0.0786. The van der Waals surface area contributed by atoms with Gasteiger partial charge in [0.1, 0.15) is 25.4 Å². The lowest BCUT2D eigenvalue weighted by Crippen LogP contribution is -2.30. The van der Waals surface area contributed by atoms with E-state index in [0.717, 1.165) is 180 Å². The van der Waals surface area contributed by atoms with Crippen LogP contribution >= 0.6 is 15.6 Å². The van der Waals surface area contributed by atoms with Crippen LogP contribution in [0.1, 0.15) is 290 Å². The van der Waals surface area contributed by atoms with Crippen LogP contribution < -0.4 is 0 Å². The molecule has 16 nitrogen and oxygen atoms in total. The molecule has 0 aliphatic rings. The summed E-state index contributed by atoms with van der Waals surface area (Å²) in [5, 5.41) is 20.6. The van der Waals surface area contributed by atoms with Crippen LogP contribution in [0.5, 0.6) is 0 Å². The van der Waals surface area contributed by atoms with Gasteiger partial charge < -0.3 is 34.2 Å². The molecule has 4 N–H and O–H groups in total. The molecular formula is C81H136O16P2. The lowest BCUT2D eigenvalue weighted by molar-refractivity contribution is -0.161. The van der Waals surface area contributed by atoms with E-state index in [0.29, 0.717) is 19.3 Å². The number of carbonyl (C=O) groups excluding carboxylic acids is 3. The molecule has 0 rings (SSSR count). The van der Waals surface area contributed by atoms with Gasteiger partial charge in [0.2, 0.25) is 0 Å². The lowest BCUT2D eigenvalue weighted by atomic mass is 10.1. The fraction of sp³-hybridized carbons (Fsp3) is 0.667. The minimum Gasteiger partial charge on any atom is -0.463 e. The number of esters is 3. The fourth-order valence-electron chi connectivity index (χ4n) is 9.70. The van der Waals surface area contributed by atoms with Crippen LogP contribution in [0.3, 0.4) is 0 Å². The maximum Gasteiger partial charge on any atom is 0.472 e. The van der Waals surface area contributed by atoms with Gasteiger partial charge >= 0.3 is 33.6 Å². The highest BCUT2D eigenvalue weighted by molar-refractivity contribution is 7.47. The van der Waals surface area contributed by atoms with Crippen LogP contribution in [-0.2, 0) is 55.8 Å². The lowest BCUT2D eigenvalue weighted by Gasteiger charge is -2.21. The van der Waals surface area contributed by atoms with Crippen molar-refractivity contribution >= 4 is 33.6 Å². The number of rotatable bonds is 71. The maximum absolute atomic E-state index is 13.0. The zero-order valence-corrected chi connectivity index (χ0v) is 63.4. The fourth-order valence-corrected chi connectivity index (χ4v) is 11.3. The molecule has 0 aromatic rings. The highest BCUT2D eigenvalue weighted by Crippen LogP contribution is 2.45. The second-order valence-electron chi connectivity index (χ2n) is 25.1. The molecule has 0 radical (unpaired) electrons. The van der Waals surface area contributed by atoms with Crippen molar-refractivity contribution in [2.45, 2.75) is 309 Å². The average molecular weight is 1430 g/mol. The molecule has 5 unspecified atom stereocenters. The van der Waals surface area contributed by atoms with Crippen LogP contribution in [0, 0.1) is 0 Å². The largest absolute Gasteiger partial charge is 0.472 e. The summed E-state index contributed by atoms with van der Waals surface area (Å²) in [5.74, 6) is -1.63. The van der Waals surface area contributed by atoms with E-state index in [9.17, 15) is 43.5 Å². The number of hydrogen-bond donors (Lipinski definition) is 4. The van der Waals surface area contributed by atoms with E-state index in [2.05, 4.69) is 167 Å². The summed E-state index contributed by atoms with van der Waals surface area (Å²) in [6, 6.07) is 0. The monoisotopic (exact) mass is 1430 g/mol. The Morgan fingerprint density at radius 2 is 0.535 bits per heavy atom. The summed E-state index contributed by atoms with van der Waals surface area (Å²) >= 11 is 0. The average Bonchev–Trinajstić information content (AvgIpc) is 2.26. The van der Waals surface area contributed by atoms with Crippen molar-refractivity contribution in [1.29, 1.82) is 0 Å². The second kappa shape index (κ2) is 73.2. The topological polar surface area (TPSA) is 231 Å². The van der Waals surface area contributed by atoms with Crippen molar-refractivity contribution in [3.63, 3.8) is 0 Å². The van der Waals surface area contributed by atoms with E-state index in [4.69, 9.17) is 32.3 Å². The van der Waals surface area contributed by atoms with Crippen molar-refractivity contribution in [3.8, 4) is 0 Å². The number of hydrogen-bond acceptors (Lipinski definition) is 14. The summed E-state index contributed by atoms with van der Waals surface area (Å²) in [6.07, 6.45) is 88.7. The summed E-state index contributed by atoms with van der Waals surface area (Å²) in [7, 11) is -9.81. The summed E-state index contributed by atoms with van der Waals surface area (Å²) in [4.78, 5) is 58.6. The molecule has 0 fully saturated rings. The minimum atomic E-state index is -4.95. The van der Waals surface area contributed by atoms with Crippen molar-refractivity contribution in [2.24, 2.45) is 0 Å². The van der Waals surface area contributed by atoms with Crippen LogP contribution in [0.2, 0.25) is 0 Å². The van der Waals surface area contributed by atoms with Gasteiger partial charge in [-0.2, -0.15) is 0 Å². The number of phosphoric acid groups is 2. The van der Waals surface area contributed by atoms with Gasteiger partial charge in [0.05, 0.1) is 26.4 Å². The number of allylic oxidation sites excluding steroid dienone is 24. The highest BCUT2D eigenvalue weighted by Gasteiger charge is 2.29. The number of aliphatic hydroxyl groups is 2. The molecule has 0 amide bonds. The number of carbonyl (C=O) groups is 3. The van der Waals surface area contributed by atoms with E-state index >= 15 is 0 Å². The van der Waals surface area contributed by atoms with Gasteiger partial charge in [-0.25, -0.2) is 9.13 Å². The van der Waals surface area contributed by atoms with Gasteiger partial charge in [-0.15, -0.1) is 0 Å². The predicted molar refractivity (Wildman–Crippen MR) is 408 cm³/mol. The van der Waals surface area contributed by atoms with E-state index < -0.39 is 91.5 Å². The molecule has 0 aliphatic carbocycles. The van der Waals surface area contributed by atoms with E-state index in [1.807, 2.05) is 0 Å². The summed E-state index contributed by atoms with van der Waals surface area (Å²) in [5.41, 5.74) is 0. The van der Waals surface area contributed by atoms with Gasteiger partial charge in [0.25, 0.3) is 0 Å². The van der Waals surface area contributed by atoms with Crippen molar-refractivity contribution in [1.82, 2.24) is 0 Å². The second-order valence-corrected chi connectivity index (χ2v) is 28.0. The predicted octanol–water partition coefficient (Wildman–Crippen LogP) is 22.1. The van der Waals surface area contributed by atoms with E-state index in [1.165, 1.54) is 51.4 Å². The van der Waals surface area contributed by atoms with Crippen LogP contribution in [0.25, 0.3) is 0 Å². The SMILES string of the molecule is CC/C=C\C/C=C\C/C=C\C/C=C\CCCCCCCCC(=O)OC(COC(=O)CCCCCCC/C=C\C/C=C\C/C=C\C/C=C\CCCCC)COP(=O)(O)OCC(O)COP(=O)(O)OCC(O)COC(=O)CCCCCCCCC/C=C\C/C=C\C/C=C\C/C=C\CCCCC. The Morgan fingerprint density at radius 1 is 0.293 bits per heavy atom. The number of ether oxygens (including phenoxy) is 3. The van der Waals surface area contributed by atoms with Crippen LogP contribution in [0.15, 0.2) is 146 Å². The van der Waals surface area contributed by atoms with Crippen molar-refractivity contribution in [2.75, 3.05) is 39.6 Å². The first-order valence-corrected chi connectivity index (χ1v) is 41.1. The molecule has 0 bridgehead atoms. The quantitative estimate of drug-likeness (QED) is 0.0146. The Hall–Kier alpha value is -4.57. The molecular weight excluding hydrogens is 1290 g/mol. The molecule has 0 spiro atoms. The molecule has 0 aromatic carbocycles. The zero-order valence-electron chi connectivity index (χ0n) is 61.6. The van der Waals surface area contributed by atoms with E-state index in [1.54, 1.807) is 0 Å². The Kier molecular flexibility index (Phi) is 69.8. The van der Waals surface area contributed by atoms with Gasteiger partial charge in [-0.1, -0.05) is 269 Å². The molecule has 0 saturated heterocycles. The van der Waals surface area contributed by atoms with Gasteiger partial charge in [0.15, 0.2) is 6.10 Å². The molecule has 5 atom stereocenters. The third-order valence-electron chi connectivity index (χ3n) is 15.5. The number of unbranched alkanes of at least 4 members (excludes halogenated alkanes) is 24. The van der Waals surface area contributed by atoms with Crippen LogP contribution in [0.4, 0.5) is 0 Å². The highest BCUT2D eigenvalue weighted by atomic mass is 31.2. The normalized spacial score (nSPS) is 14.9. The van der Waals surface area contributed by atoms with Crippen molar-refractivity contribution in [3.05, 3.63) is 146 Å². The van der Waals surface area contributed by atoms with Gasteiger partial charge in [-0.3, -0.25) is 32.5 Å². The smallest absolute Gasteiger partial charge is 0.463 e. The third kappa shape index (κ3) is 74.4. The molecule has 0 heterocycles. The van der Waals surface area contributed by atoms with Gasteiger partial charge in [0, 0.05) is 19.3 Å². The first-order valence-electron chi connectivity index (χ1n) is 38.1. The Labute approximate surface area is 600 Å². The van der Waals surface area contributed by atoms with Gasteiger partial charge in [-0.05, 0) is 148 Å². The van der Waals surface area contributed by atoms with Crippen molar-refractivity contribution < 1.29 is 75.8 Å². The Bertz CT molecular complexity index is 2380. The summed E-state index contributed by atoms with van der Waals surface area (Å²) < 4.78 is 61.1. The standard InChI is InChI=1S/C81H136O16P2/c1-4-7-10-13-16-19-22-25-28-31-34-36-37-39-42-43-46-49-52-55-58-61-64-67-79(84)91-70-76(82)71-93-98(87,88)94-72-77(83)73-95-99(89,90)96-75-78(97-81(86)69-66-63-60-57-54-51-48-45-40-33-30-27-24-21-18-15-12-9-6-3)74-92-80(85)68-65-62-59-56-53-50-47-44-41-38-35-32-29-26-23-20-17-14-11-8-5-2/h9,12,16-21,25-30,34-36,38-40,42,44-45,47,76-78,82-83H,4-8,10-11,13-15,22-24,31-33,37,41,43,46,48-75H2,1-3H3,(H,87,88)(H,89,90)/b12-9-,19-16-,20-17-,21-18-,28-25-,29-26-,30-27-,36-34-,38-35-,42-39-,45-40-,47-44-. The van der Waals surface area contributed by atoms with Crippen LogP contribution in [-0.4, -0.2) is 95.9 Å². The number of aliphatic hydroxyl groups excluding tert-OH is 2. The summed E-state index contributed by atoms with van der Waals surface area (Å²) in [6.45, 7) is 2.45. The maximum atomic E-state index is 13.0. The first kappa shape index (κ1) is 94.4. The van der Waals surface area contributed by atoms with E-state index in [-0.39, 0.29) is 19.3 Å². The molecule has 566 valence electrons. The molecule has 0 aromatic heterocycles. The molecule has 99 heavy (non-hydrogen) atoms. The Morgan fingerprint density at radius 3 is 0.848 bits per heavy atom. The Balaban J connectivity index is 4.73. The molecule has 0 aliphatic heterocycles. The zero-order chi connectivity index (χ0) is 72.3.